The summed E-state index contributed by atoms with van der Waals surface area (Å²) in [6, 6.07) is 13.1. The van der Waals surface area contributed by atoms with Crippen molar-refractivity contribution in [3.63, 3.8) is 0 Å². The number of amides is 1. The fraction of sp³-hybridized carbons (Fsp3) is 0.100. The summed E-state index contributed by atoms with van der Waals surface area (Å²) in [4.78, 5) is 17.9. The number of thiazole rings is 1. The minimum absolute atomic E-state index is 0.290. The van der Waals surface area contributed by atoms with Crippen molar-refractivity contribution in [1.82, 2.24) is 9.38 Å². The molecule has 0 saturated heterocycles. The van der Waals surface area contributed by atoms with Crippen LogP contribution in [0.15, 0.2) is 66.3 Å². The van der Waals surface area contributed by atoms with E-state index in [4.69, 9.17) is 4.74 Å². The maximum Gasteiger partial charge on any atom is 0.265 e. The van der Waals surface area contributed by atoms with Crippen molar-refractivity contribution in [3.8, 4) is 17.0 Å². The largest absolute Gasteiger partial charge is 0.481 e. The zero-order chi connectivity index (χ0) is 18.8. The standard InChI is InChI=1S/C20H16FN3O2S/c1-13(26-17-7-5-15(21)6-8-17)19(25)22-16-4-2-3-14(11-16)18-12-24-9-10-27-20(24)23-18/h2-13H,1H3,(H,22,25). The van der Waals surface area contributed by atoms with Crippen LogP contribution in [0.4, 0.5) is 10.1 Å². The molecule has 1 atom stereocenters. The summed E-state index contributed by atoms with van der Waals surface area (Å²) in [7, 11) is 0. The average molecular weight is 381 g/mol. The van der Waals surface area contributed by atoms with Crippen LogP contribution >= 0.6 is 11.3 Å². The van der Waals surface area contributed by atoms with E-state index in [9.17, 15) is 9.18 Å². The summed E-state index contributed by atoms with van der Waals surface area (Å²) >= 11 is 1.57. The first-order chi connectivity index (χ1) is 13.1. The second-order valence-corrected chi connectivity index (χ2v) is 6.88. The number of carbonyl (C=O) groups is 1. The molecule has 0 saturated carbocycles. The highest BCUT2D eigenvalue weighted by atomic mass is 32.1. The molecule has 4 aromatic rings. The normalized spacial score (nSPS) is 12.1. The van der Waals surface area contributed by atoms with Crippen molar-refractivity contribution in [1.29, 1.82) is 0 Å². The third-order valence-corrected chi connectivity index (χ3v) is 4.79. The third-order valence-electron chi connectivity index (χ3n) is 4.01. The lowest BCUT2D eigenvalue weighted by Gasteiger charge is -2.15. The molecule has 0 fully saturated rings. The molecule has 0 bridgehead atoms. The quantitative estimate of drug-likeness (QED) is 0.549. The first-order valence-corrected chi connectivity index (χ1v) is 9.22. The molecule has 2 aromatic heterocycles. The van der Waals surface area contributed by atoms with Gasteiger partial charge in [-0.05, 0) is 43.3 Å². The van der Waals surface area contributed by atoms with Crippen molar-refractivity contribution >= 4 is 27.9 Å². The fourth-order valence-electron chi connectivity index (χ4n) is 2.64. The van der Waals surface area contributed by atoms with Crippen LogP contribution in [-0.2, 0) is 4.79 Å². The minimum Gasteiger partial charge on any atom is -0.481 e. The zero-order valence-corrected chi connectivity index (χ0v) is 15.2. The lowest BCUT2D eigenvalue weighted by molar-refractivity contribution is -0.122. The van der Waals surface area contributed by atoms with Crippen molar-refractivity contribution in [2.24, 2.45) is 0 Å². The van der Waals surface area contributed by atoms with Gasteiger partial charge in [0.15, 0.2) is 11.1 Å². The highest BCUT2D eigenvalue weighted by molar-refractivity contribution is 7.15. The first-order valence-electron chi connectivity index (χ1n) is 8.34. The van der Waals surface area contributed by atoms with Crippen LogP contribution in [0.2, 0.25) is 0 Å². The highest BCUT2D eigenvalue weighted by Crippen LogP contribution is 2.24. The highest BCUT2D eigenvalue weighted by Gasteiger charge is 2.15. The molecule has 136 valence electrons. The van der Waals surface area contributed by atoms with E-state index in [1.807, 2.05) is 46.4 Å². The van der Waals surface area contributed by atoms with Gasteiger partial charge in [0.2, 0.25) is 0 Å². The number of benzene rings is 2. The molecule has 1 N–H and O–H groups in total. The molecular weight excluding hydrogens is 365 g/mol. The van der Waals surface area contributed by atoms with E-state index >= 15 is 0 Å². The molecule has 5 nitrogen and oxygen atoms in total. The van der Waals surface area contributed by atoms with E-state index in [0.717, 1.165) is 16.2 Å². The molecule has 0 aliphatic carbocycles. The van der Waals surface area contributed by atoms with E-state index < -0.39 is 6.10 Å². The molecule has 7 heteroatoms. The summed E-state index contributed by atoms with van der Waals surface area (Å²) in [5, 5.41) is 4.82. The lowest BCUT2D eigenvalue weighted by atomic mass is 10.1. The molecule has 1 amide bonds. The molecule has 0 spiro atoms. The molecule has 2 heterocycles. The van der Waals surface area contributed by atoms with Gasteiger partial charge in [-0.25, -0.2) is 9.37 Å². The van der Waals surface area contributed by atoms with Crippen molar-refractivity contribution in [3.05, 3.63) is 72.1 Å². The average Bonchev–Trinajstić information content (AvgIpc) is 3.26. The van der Waals surface area contributed by atoms with E-state index in [1.165, 1.54) is 24.3 Å². The number of rotatable bonds is 5. The monoisotopic (exact) mass is 381 g/mol. The Morgan fingerprint density at radius 3 is 2.85 bits per heavy atom. The summed E-state index contributed by atoms with van der Waals surface area (Å²) in [5.74, 6) is -0.205. The Balaban J connectivity index is 1.46. The van der Waals surface area contributed by atoms with Gasteiger partial charge in [0.1, 0.15) is 11.6 Å². The number of hydrogen-bond acceptors (Lipinski definition) is 4. The van der Waals surface area contributed by atoms with Gasteiger partial charge >= 0.3 is 0 Å². The Hall–Kier alpha value is -3.19. The SMILES string of the molecule is CC(Oc1ccc(F)cc1)C(=O)Nc1cccc(-c2cn3ccsc3n2)c1. The number of imidazole rings is 1. The number of ether oxygens (including phenoxy) is 1. The molecule has 2 aromatic carbocycles. The Morgan fingerprint density at radius 2 is 2.07 bits per heavy atom. The van der Waals surface area contributed by atoms with E-state index in [-0.39, 0.29) is 11.7 Å². The third kappa shape index (κ3) is 3.83. The molecule has 4 rings (SSSR count). The Morgan fingerprint density at radius 1 is 1.26 bits per heavy atom. The van der Waals surface area contributed by atoms with Crippen LogP contribution in [0.25, 0.3) is 16.2 Å². The van der Waals surface area contributed by atoms with Gasteiger partial charge in [-0.3, -0.25) is 9.20 Å². The Labute approximate surface area is 159 Å². The van der Waals surface area contributed by atoms with Crippen molar-refractivity contribution in [2.75, 3.05) is 5.32 Å². The first kappa shape index (κ1) is 17.2. The van der Waals surface area contributed by atoms with Crippen molar-refractivity contribution < 1.29 is 13.9 Å². The van der Waals surface area contributed by atoms with Crippen LogP contribution in [0.1, 0.15) is 6.92 Å². The molecule has 0 aliphatic rings. The van der Waals surface area contributed by atoms with Gasteiger partial charge < -0.3 is 10.1 Å². The number of nitrogens with one attached hydrogen (secondary N) is 1. The predicted molar refractivity (Wildman–Crippen MR) is 104 cm³/mol. The second-order valence-electron chi connectivity index (χ2n) is 6.00. The van der Waals surface area contributed by atoms with Gasteiger partial charge in [-0.1, -0.05) is 12.1 Å². The number of fused-ring (bicyclic) bond motifs is 1. The van der Waals surface area contributed by atoms with Gasteiger partial charge in [0, 0.05) is 29.0 Å². The molecule has 27 heavy (non-hydrogen) atoms. The molecular formula is C20H16FN3O2S. The number of hydrogen-bond donors (Lipinski definition) is 1. The van der Waals surface area contributed by atoms with Crippen molar-refractivity contribution in [2.45, 2.75) is 13.0 Å². The maximum atomic E-state index is 13.0. The summed E-state index contributed by atoms with van der Waals surface area (Å²) in [6.07, 6.45) is 3.18. The van der Waals surface area contributed by atoms with Gasteiger partial charge in [0.25, 0.3) is 5.91 Å². The second kappa shape index (κ2) is 7.20. The number of nitrogens with zero attached hydrogens (tertiary/aromatic N) is 2. The number of halogens is 1. The Kier molecular flexibility index (Phi) is 4.60. The lowest BCUT2D eigenvalue weighted by Crippen LogP contribution is -2.30. The topological polar surface area (TPSA) is 55.6 Å². The number of anilines is 1. The summed E-state index contributed by atoms with van der Waals surface area (Å²) in [6.45, 7) is 1.64. The van der Waals surface area contributed by atoms with E-state index in [1.54, 1.807) is 18.3 Å². The molecule has 1 unspecified atom stereocenters. The van der Waals surface area contributed by atoms with E-state index in [2.05, 4.69) is 10.3 Å². The summed E-state index contributed by atoms with van der Waals surface area (Å²) in [5.41, 5.74) is 2.41. The van der Waals surface area contributed by atoms with Gasteiger partial charge in [0.05, 0.1) is 5.69 Å². The smallest absolute Gasteiger partial charge is 0.265 e. The number of aromatic nitrogens is 2. The predicted octanol–water partition coefficient (Wildman–Crippen LogP) is 4.61. The molecule has 0 aliphatic heterocycles. The van der Waals surface area contributed by atoms with Crippen LogP contribution in [0.5, 0.6) is 5.75 Å². The van der Waals surface area contributed by atoms with Crippen LogP contribution < -0.4 is 10.1 Å². The fourth-order valence-corrected chi connectivity index (χ4v) is 3.34. The van der Waals surface area contributed by atoms with E-state index in [0.29, 0.717) is 11.4 Å². The zero-order valence-electron chi connectivity index (χ0n) is 14.4. The van der Waals surface area contributed by atoms with Gasteiger partial charge in [-0.2, -0.15) is 0 Å². The summed E-state index contributed by atoms with van der Waals surface area (Å²) < 4.78 is 20.5. The molecule has 0 radical (unpaired) electrons. The number of carbonyl (C=O) groups excluding carboxylic acids is 1. The Bertz CT molecular complexity index is 1060. The van der Waals surface area contributed by atoms with Crippen LogP contribution in [0, 0.1) is 5.82 Å². The van der Waals surface area contributed by atoms with Crippen LogP contribution in [0.3, 0.4) is 0 Å². The van der Waals surface area contributed by atoms with Gasteiger partial charge in [-0.15, -0.1) is 11.3 Å². The maximum absolute atomic E-state index is 13.0. The minimum atomic E-state index is -0.725. The van der Waals surface area contributed by atoms with Crippen LogP contribution in [-0.4, -0.2) is 21.4 Å².